The van der Waals surface area contributed by atoms with Crippen LogP contribution >= 0.6 is 0 Å². The second-order valence-corrected chi connectivity index (χ2v) is 5.57. The van der Waals surface area contributed by atoms with Gasteiger partial charge in [0.15, 0.2) is 0 Å². The van der Waals surface area contributed by atoms with Crippen molar-refractivity contribution < 1.29 is 4.74 Å². The van der Waals surface area contributed by atoms with Crippen LogP contribution in [-0.4, -0.2) is 25.3 Å². The van der Waals surface area contributed by atoms with Crippen LogP contribution in [0.5, 0.6) is 0 Å². The first-order valence-corrected chi connectivity index (χ1v) is 5.69. The van der Waals surface area contributed by atoms with Gasteiger partial charge < -0.3 is 10.1 Å². The summed E-state index contributed by atoms with van der Waals surface area (Å²) in [5.41, 5.74) is 1.15. The summed E-state index contributed by atoms with van der Waals surface area (Å²) < 4.78 is 5.85. The summed E-state index contributed by atoms with van der Waals surface area (Å²) in [5, 5.41) is 3.53. The zero-order valence-electron chi connectivity index (χ0n) is 8.01. The van der Waals surface area contributed by atoms with Crippen LogP contribution in [0.3, 0.4) is 0 Å². The summed E-state index contributed by atoms with van der Waals surface area (Å²) in [4.78, 5) is 0. The van der Waals surface area contributed by atoms with Gasteiger partial charge in [-0.05, 0) is 30.6 Å². The third kappa shape index (κ3) is 0.774. The normalized spacial score (nSPS) is 55.4. The standard InChI is InChI=1S/C11H17NO/c1-2-10(1)5-8(10)9-6-12-7-11(9)3-4-13-11/h8-9,12H,1-7H2. The second-order valence-electron chi connectivity index (χ2n) is 5.57. The van der Waals surface area contributed by atoms with Crippen molar-refractivity contribution in [1.29, 1.82) is 0 Å². The molecule has 0 radical (unpaired) electrons. The van der Waals surface area contributed by atoms with E-state index in [0.29, 0.717) is 5.60 Å². The molecule has 2 saturated carbocycles. The van der Waals surface area contributed by atoms with Gasteiger partial charge in [-0.15, -0.1) is 0 Å². The number of ether oxygens (including phenoxy) is 1. The van der Waals surface area contributed by atoms with Crippen LogP contribution in [0.1, 0.15) is 25.7 Å². The van der Waals surface area contributed by atoms with Crippen molar-refractivity contribution in [3.8, 4) is 0 Å². The van der Waals surface area contributed by atoms with E-state index >= 15 is 0 Å². The molecule has 4 aliphatic rings. The van der Waals surface area contributed by atoms with Crippen molar-refractivity contribution in [3.05, 3.63) is 0 Å². The number of nitrogens with one attached hydrogen (secondary N) is 1. The Morgan fingerprint density at radius 2 is 2.00 bits per heavy atom. The summed E-state index contributed by atoms with van der Waals surface area (Å²) in [7, 11) is 0. The highest BCUT2D eigenvalue weighted by Crippen LogP contribution is 2.74. The van der Waals surface area contributed by atoms with Gasteiger partial charge in [0.1, 0.15) is 0 Å². The molecule has 2 nitrogen and oxygen atoms in total. The highest BCUT2D eigenvalue weighted by molar-refractivity contribution is 5.19. The first-order valence-electron chi connectivity index (χ1n) is 5.69. The molecule has 0 aromatic carbocycles. The smallest absolute Gasteiger partial charge is 0.0871 e. The molecule has 2 aliphatic heterocycles. The van der Waals surface area contributed by atoms with Crippen molar-refractivity contribution >= 4 is 0 Å². The van der Waals surface area contributed by atoms with E-state index in [9.17, 15) is 0 Å². The third-order valence-corrected chi connectivity index (χ3v) is 5.01. The first kappa shape index (κ1) is 7.24. The molecule has 2 aliphatic carbocycles. The van der Waals surface area contributed by atoms with Crippen LogP contribution < -0.4 is 5.32 Å². The zero-order chi connectivity index (χ0) is 8.52. The maximum atomic E-state index is 5.85. The van der Waals surface area contributed by atoms with Crippen LogP contribution in [0.2, 0.25) is 0 Å². The molecule has 0 amide bonds. The van der Waals surface area contributed by atoms with Crippen molar-refractivity contribution in [3.63, 3.8) is 0 Å². The topological polar surface area (TPSA) is 21.3 Å². The molecular weight excluding hydrogens is 162 g/mol. The Morgan fingerprint density at radius 3 is 2.54 bits per heavy atom. The summed E-state index contributed by atoms with van der Waals surface area (Å²) in [6, 6.07) is 0. The quantitative estimate of drug-likeness (QED) is 0.652. The molecule has 0 aromatic rings. The van der Waals surface area contributed by atoms with Gasteiger partial charge in [-0.25, -0.2) is 0 Å². The lowest BCUT2D eigenvalue weighted by molar-refractivity contribution is -0.163. The minimum atomic E-state index is 0.302. The fraction of sp³-hybridized carbons (Fsp3) is 1.00. The summed E-state index contributed by atoms with van der Waals surface area (Å²) in [6.45, 7) is 3.37. The lowest BCUT2D eigenvalue weighted by Crippen LogP contribution is -2.51. The molecule has 2 heterocycles. The Bertz CT molecular complexity index is 255. The van der Waals surface area contributed by atoms with Gasteiger partial charge >= 0.3 is 0 Å². The molecule has 3 atom stereocenters. The van der Waals surface area contributed by atoms with Crippen molar-refractivity contribution in [2.45, 2.75) is 31.3 Å². The molecule has 3 unspecified atom stereocenters. The van der Waals surface area contributed by atoms with Crippen LogP contribution in [0.15, 0.2) is 0 Å². The van der Waals surface area contributed by atoms with Gasteiger partial charge in [-0.2, -0.15) is 0 Å². The molecule has 72 valence electrons. The minimum Gasteiger partial charge on any atom is -0.373 e. The maximum Gasteiger partial charge on any atom is 0.0871 e. The Labute approximate surface area is 79.0 Å². The van der Waals surface area contributed by atoms with Gasteiger partial charge in [-0.3, -0.25) is 0 Å². The van der Waals surface area contributed by atoms with E-state index in [2.05, 4.69) is 5.32 Å². The van der Waals surface area contributed by atoms with Crippen LogP contribution in [0, 0.1) is 17.3 Å². The van der Waals surface area contributed by atoms with Gasteiger partial charge in [0, 0.05) is 25.4 Å². The van der Waals surface area contributed by atoms with E-state index in [1.807, 2.05) is 0 Å². The predicted octanol–water partition coefficient (Wildman–Crippen LogP) is 1.16. The first-order chi connectivity index (χ1) is 6.35. The third-order valence-electron chi connectivity index (χ3n) is 5.01. The van der Waals surface area contributed by atoms with Crippen molar-refractivity contribution in [1.82, 2.24) is 5.32 Å². The van der Waals surface area contributed by atoms with E-state index in [4.69, 9.17) is 4.74 Å². The fourth-order valence-electron chi connectivity index (χ4n) is 3.74. The van der Waals surface area contributed by atoms with Crippen LogP contribution in [-0.2, 0) is 4.74 Å². The van der Waals surface area contributed by atoms with Gasteiger partial charge in [0.25, 0.3) is 0 Å². The van der Waals surface area contributed by atoms with E-state index in [-0.39, 0.29) is 0 Å². The summed E-state index contributed by atoms with van der Waals surface area (Å²) in [5.74, 6) is 1.89. The Morgan fingerprint density at radius 1 is 1.15 bits per heavy atom. The van der Waals surface area contributed by atoms with E-state index in [1.165, 1.54) is 32.2 Å². The highest BCUT2D eigenvalue weighted by Gasteiger charge is 2.69. The SMILES string of the molecule is C1CC2(CNCC2C2CC23CC3)O1. The Balaban J connectivity index is 1.59. The monoisotopic (exact) mass is 179 g/mol. The summed E-state index contributed by atoms with van der Waals surface area (Å²) in [6.07, 6.45) is 5.87. The fourth-order valence-corrected chi connectivity index (χ4v) is 3.74. The molecule has 2 heteroatoms. The molecule has 4 fully saturated rings. The van der Waals surface area contributed by atoms with Crippen LogP contribution in [0.25, 0.3) is 0 Å². The lowest BCUT2D eigenvalue weighted by atomic mass is 9.80. The lowest BCUT2D eigenvalue weighted by Gasteiger charge is -2.43. The second kappa shape index (κ2) is 1.96. The zero-order valence-corrected chi connectivity index (χ0v) is 8.01. The molecule has 2 saturated heterocycles. The Hall–Kier alpha value is -0.0800. The van der Waals surface area contributed by atoms with Gasteiger partial charge in [0.2, 0.25) is 0 Å². The average molecular weight is 179 g/mol. The molecule has 2 spiro atoms. The minimum absolute atomic E-state index is 0.302. The van der Waals surface area contributed by atoms with E-state index in [0.717, 1.165) is 30.4 Å². The highest BCUT2D eigenvalue weighted by atomic mass is 16.5. The molecule has 0 bridgehead atoms. The van der Waals surface area contributed by atoms with E-state index < -0.39 is 0 Å². The Kier molecular flexibility index (Phi) is 1.09. The summed E-state index contributed by atoms with van der Waals surface area (Å²) >= 11 is 0. The van der Waals surface area contributed by atoms with Crippen LogP contribution in [0.4, 0.5) is 0 Å². The van der Waals surface area contributed by atoms with E-state index in [1.54, 1.807) is 0 Å². The molecular formula is C11H17NO. The molecule has 1 N–H and O–H groups in total. The predicted molar refractivity (Wildman–Crippen MR) is 49.4 cm³/mol. The molecule has 4 rings (SSSR count). The molecule has 13 heavy (non-hydrogen) atoms. The largest absolute Gasteiger partial charge is 0.373 e. The number of rotatable bonds is 1. The number of hydrogen-bond acceptors (Lipinski definition) is 2. The van der Waals surface area contributed by atoms with Gasteiger partial charge in [-0.1, -0.05) is 0 Å². The van der Waals surface area contributed by atoms with Gasteiger partial charge in [0.05, 0.1) is 12.2 Å². The van der Waals surface area contributed by atoms with Crippen molar-refractivity contribution in [2.75, 3.05) is 19.7 Å². The average Bonchev–Trinajstić information content (AvgIpc) is 2.94. The number of hydrogen-bond donors (Lipinski definition) is 1. The van der Waals surface area contributed by atoms with Crippen molar-refractivity contribution in [2.24, 2.45) is 17.3 Å². The molecule has 0 aromatic heterocycles. The maximum absolute atomic E-state index is 5.85.